The molecule has 2 aromatic carbocycles. The first-order valence-corrected chi connectivity index (χ1v) is 15.8. The summed E-state index contributed by atoms with van der Waals surface area (Å²) in [6, 6.07) is 11.0. The van der Waals surface area contributed by atoms with Crippen molar-refractivity contribution in [3.05, 3.63) is 76.8 Å². The number of carbonyl (C=O) groups excluding carboxylic acids is 1. The molecule has 6 rings (SSSR count). The van der Waals surface area contributed by atoms with Crippen molar-refractivity contribution >= 4 is 43.9 Å². The van der Waals surface area contributed by atoms with E-state index in [2.05, 4.69) is 10.3 Å². The van der Waals surface area contributed by atoms with Gasteiger partial charge in [0, 0.05) is 65.1 Å². The lowest BCUT2D eigenvalue weighted by atomic mass is 9.98. The first kappa shape index (κ1) is 27.1. The van der Waals surface area contributed by atoms with Crippen LogP contribution >= 0.6 is 11.3 Å². The van der Waals surface area contributed by atoms with Gasteiger partial charge < -0.3 is 9.73 Å². The predicted molar refractivity (Wildman–Crippen MR) is 159 cm³/mol. The molecule has 0 radical (unpaired) electrons. The SMILES string of the molecule is CNC(=O)c1c(-c2ccc(F)cc2)oc2cc(N(C)S(C)(=O)=O)c(-c3cncc(-c4nc5c(s4)CCCC5)c3)cc12. The highest BCUT2D eigenvalue weighted by Gasteiger charge is 2.26. The van der Waals surface area contributed by atoms with Gasteiger partial charge in [0.25, 0.3) is 5.91 Å². The Kier molecular flexibility index (Phi) is 6.87. The van der Waals surface area contributed by atoms with Gasteiger partial charge >= 0.3 is 0 Å². The van der Waals surface area contributed by atoms with Gasteiger partial charge in [-0.3, -0.25) is 14.1 Å². The third-order valence-corrected chi connectivity index (χ3v) is 9.74. The monoisotopic (exact) mass is 590 g/mol. The minimum absolute atomic E-state index is 0.254. The number of nitrogens with zero attached hydrogens (tertiary/aromatic N) is 3. The number of sulfonamides is 1. The fourth-order valence-electron chi connectivity index (χ4n) is 5.14. The maximum absolute atomic E-state index is 13.7. The molecule has 0 atom stereocenters. The predicted octanol–water partition coefficient (Wildman–Crippen LogP) is 6.06. The number of benzene rings is 2. The van der Waals surface area contributed by atoms with Gasteiger partial charge in [0.2, 0.25) is 10.0 Å². The first-order valence-electron chi connectivity index (χ1n) is 13.1. The number of rotatable bonds is 6. The highest BCUT2D eigenvalue weighted by Crippen LogP contribution is 2.42. The number of hydrogen-bond acceptors (Lipinski definition) is 7. The average molecular weight is 591 g/mol. The van der Waals surface area contributed by atoms with E-state index >= 15 is 0 Å². The molecule has 1 N–H and O–H groups in total. The number of hydrogen-bond donors (Lipinski definition) is 1. The Balaban J connectivity index is 1.58. The summed E-state index contributed by atoms with van der Waals surface area (Å²) in [7, 11) is -0.676. The second-order valence-corrected chi connectivity index (χ2v) is 13.1. The Morgan fingerprint density at radius 1 is 1.05 bits per heavy atom. The van der Waals surface area contributed by atoms with Gasteiger partial charge in [-0.25, -0.2) is 17.8 Å². The van der Waals surface area contributed by atoms with Crippen LogP contribution in [0.15, 0.2) is 59.3 Å². The number of carbonyl (C=O) groups is 1. The zero-order valence-corrected chi connectivity index (χ0v) is 24.3. The van der Waals surface area contributed by atoms with E-state index in [-0.39, 0.29) is 11.3 Å². The van der Waals surface area contributed by atoms with E-state index in [1.165, 1.54) is 47.5 Å². The van der Waals surface area contributed by atoms with Crippen molar-refractivity contribution in [2.75, 3.05) is 24.7 Å². The van der Waals surface area contributed by atoms with Gasteiger partial charge in [0.15, 0.2) is 0 Å². The Bertz CT molecular complexity index is 1890. The molecule has 41 heavy (non-hydrogen) atoms. The zero-order chi connectivity index (χ0) is 28.9. The van der Waals surface area contributed by atoms with Gasteiger partial charge in [0.05, 0.1) is 23.2 Å². The molecule has 0 fully saturated rings. The lowest BCUT2D eigenvalue weighted by Crippen LogP contribution is -2.25. The number of anilines is 1. The highest BCUT2D eigenvalue weighted by atomic mass is 32.2. The molecular formula is C30H27FN4O4S2. The summed E-state index contributed by atoms with van der Waals surface area (Å²) in [5, 5.41) is 4.02. The Hall–Kier alpha value is -4.09. The van der Waals surface area contributed by atoms with Gasteiger partial charge in [-0.2, -0.15) is 0 Å². The maximum Gasteiger partial charge on any atom is 0.255 e. The molecule has 1 aliphatic carbocycles. The number of nitrogens with one attached hydrogen (secondary N) is 1. The fraction of sp³-hybridized carbons (Fsp3) is 0.233. The van der Waals surface area contributed by atoms with E-state index in [1.54, 1.807) is 35.9 Å². The number of fused-ring (bicyclic) bond motifs is 2. The van der Waals surface area contributed by atoms with Crippen LogP contribution in [0, 0.1) is 5.82 Å². The van der Waals surface area contributed by atoms with Gasteiger partial charge in [0.1, 0.15) is 22.2 Å². The Morgan fingerprint density at radius 3 is 2.49 bits per heavy atom. The normalized spacial score (nSPS) is 13.3. The van der Waals surface area contributed by atoms with E-state index in [0.717, 1.165) is 48.2 Å². The molecule has 210 valence electrons. The third-order valence-electron chi connectivity index (χ3n) is 7.35. The van der Waals surface area contributed by atoms with E-state index in [1.807, 2.05) is 6.07 Å². The van der Waals surface area contributed by atoms with Crippen molar-refractivity contribution in [2.45, 2.75) is 25.7 Å². The highest BCUT2D eigenvalue weighted by molar-refractivity contribution is 7.92. The molecule has 11 heteroatoms. The molecule has 3 heterocycles. The summed E-state index contributed by atoms with van der Waals surface area (Å²) in [5.74, 6) is -0.553. The smallest absolute Gasteiger partial charge is 0.255 e. The molecule has 1 aliphatic rings. The summed E-state index contributed by atoms with van der Waals surface area (Å²) in [5.41, 5.74) is 4.64. The maximum atomic E-state index is 13.7. The van der Waals surface area contributed by atoms with Crippen LogP contribution in [0.4, 0.5) is 10.1 Å². The molecule has 0 bridgehead atoms. The molecule has 3 aromatic heterocycles. The van der Waals surface area contributed by atoms with Crippen molar-refractivity contribution in [1.29, 1.82) is 0 Å². The minimum atomic E-state index is -3.66. The molecule has 8 nitrogen and oxygen atoms in total. The van der Waals surface area contributed by atoms with Crippen LogP contribution in [0.5, 0.6) is 0 Å². The number of aromatic nitrogens is 2. The molecule has 0 spiro atoms. The second kappa shape index (κ2) is 10.4. The quantitative estimate of drug-likeness (QED) is 0.258. The number of aryl methyl sites for hydroxylation is 2. The number of pyridine rings is 1. The molecule has 1 amide bonds. The summed E-state index contributed by atoms with van der Waals surface area (Å²) in [4.78, 5) is 23.8. The standard InChI is InChI=1S/C30H27FN4O4S2/c1-32-29(36)27-22-13-21(18-12-19(16-33-15-18)30-34-23-6-4-5-7-26(23)40-30)24(35(2)41(3,37)38)14-25(22)39-28(27)17-8-10-20(31)11-9-17/h8-16H,4-7H2,1-3H3,(H,32,36). The molecule has 0 unspecified atom stereocenters. The van der Waals surface area contributed by atoms with Crippen molar-refractivity contribution in [2.24, 2.45) is 0 Å². The van der Waals surface area contributed by atoms with Crippen molar-refractivity contribution < 1.29 is 22.0 Å². The fourth-order valence-corrected chi connectivity index (χ4v) is 6.78. The van der Waals surface area contributed by atoms with Crippen molar-refractivity contribution in [3.63, 3.8) is 0 Å². The van der Waals surface area contributed by atoms with E-state index in [0.29, 0.717) is 33.3 Å². The number of halogens is 1. The van der Waals surface area contributed by atoms with Crippen LogP contribution in [-0.4, -0.2) is 44.6 Å². The van der Waals surface area contributed by atoms with Crippen molar-refractivity contribution in [1.82, 2.24) is 15.3 Å². The average Bonchev–Trinajstić information content (AvgIpc) is 3.57. The number of thiazole rings is 1. The van der Waals surface area contributed by atoms with Gasteiger partial charge in [-0.15, -0.1) is 11.3 Å². The second-order valence-electron chi connectivity index (χ2n) is 10.0. The molecule has 5 aromatic rings. The van der Waals surface area contributed by atoms with Crippen molar-refractivity contribution in [3.8, 4) is 33.0 Å². The summed E-state index contributed by atoms with van der Waals surface area (Å²) in [6.45, 7) is 0. The molecule has 0 saturated carbocycles. The number of amides is 1. The number of furan rings is 1. The molecule has 0 saturated heterocycles. The van der Waals surface area contributed by atoms with Crippen LogP contribution in [-0.2, 0) is 22.9 Å². The Labute approximate surface area is 240 Å². The lowest BCUT2D eigenvalue weighted by molar-refractivity contribution is 0.0964. The largest absolute Gasteiger partial charge is 0.455 e. The minimum Gasteiger partial charge on any atom is -0.455 e. The van der Waals surface area contributed by atoms with Crippen LogP contribution in [0.3, 0.4) is 0 Å². The van der Waals surface area contributed by atoms with Gasteiger partial charge in [-0.1, -0.05) is 0 Å². The summed E-state index contributed by atoms with van der Waals surface area (Å²) >= 11 is 1.67. The van der Waals surface area contributed by atoms with E-state index in [4.69, 9.17) is 9.40 Å². The Morgan fingerprint density at radius 2 is 1.78 bits per heavy atom. The summed E-state index contributed by atoms with van der Waals surface area (Å²) < 4.78 is 46.4. The summed E-state index contributed by atoms with van der Waals surface area (Å²) in [6.07, 6.45) is 8.83. The van der Waals surface area contributed by atoms with Crippen LogP contribution < -0.4 is 9.62 Å². The van der Waals surface area contributed by atoms with E-state index in [9.17, 15) is 17.6 Å². The van der Waals surface area contributed by atoms with Crippen LogP contribution in [0.2, 0.25) is 0 Å². The van der Waals surface area contributed by atoms with Crippen LogP contribution in [0.1, 0.15) is 33.8 Å². The lowest BCUT2D eigenvalue weighted by Gasteiger charge is -2.20. The topological polar surface area (TPSA) is 105 Å². The first-order chi connectivity index (χ1) is 19.6. The molecular weight excluding hydrogens is 563 g/mol. The van der Waals surface area contributed by atoms with E-state index < -0.39 is 21.7 Å². The third kappa shape index (κ3) is 5.00. The molecule has 0 aliphatic heterocycles. The van der Waals surface area contributed by atoms with Gasteiger partial charge in [-0.05, 0) is 62.1 Å². The zero-order valence-electron chi connectivity index (χ0n) is 22.7. The van der Waals surface area contributed by atoms with Crippen LogP contribution in [0.25, 0.3) is 44.0 Å².